The van der Waals surface area contributed by atoms with Crippen LogP contribution in [0.4, 0.5) is 0 Å². The summed E-state index contributed by atoms with van der Waals surface area (Å²) in [6, 6.07) is 8.17. The van der Waals surface area contributed by atoms with E-state index in [1.165, 1.54) is 5.56 Å². The van der Waals surface area contributed by atoms with E-state index in [9.17, 15) is 4.79 Å². The van der Waals surface area contributed by atoms with Gasteiger partial charge in [0.2, 0.25) is 5.91 Å². The third-order valence-electron chi connectivity index (χ3n) is 4.43. The molecular formula is C17H23NO3. The molecule has 1 aromatic rings. The van der Waals surface area contributed by atoms with Crippen LogP contribution in [0, 0.1) is 6.92 Å². The van der Waals surface area contributed by atoms with Crippen molar-refractivity contribution in [2.75, 3.05) is 19.8 Å². The maximum Gasteiger partial charge on any atom is 0.227 e. The molecule has 1 atom stereocenters. The molecule has 3 rings (SSSR count). The molecule has 0 saturated carbocycles. The number of rotatable bonds is 3. The smallest absolute Gasteiger partial charge is 0.227 e. The fraction of sp³-hybridized carbons (Fsp3) is 0.588. The summed E-state index contributed by atoms with van der Waals surface area (Å²) in [4.78, 5) is 14.7. The number of carbonyl (C=O) groups is 1. The van der Waals surface area contributed by atoms with Crippen LogP contribution in [0.15, 0.2) is 24.3 Å². The Morgan fingerprint density at radius 2 is 2.00 bits per heavy atom. The molecule has 114 valence electrons. The fourth-order valence-electron chi connectivity index (χ4n) is 3.22. The van der Waals surface area contributed by atoms with E-state index in [0.29, 0.717) is 19.6 Å². The lowest BCUT2D eigenvalue weighted by molar-refractivity contribution is -0.149. The number of ether oxygens (including phenoxy) is 2. The minimum Gasteiger partial charge on any atom is -0.348 e. The average molecular weight is 289 g/mol. The zero-order chi connectivity index (χ0) is 14.7. The first-order valence-electron chi connectivity index (χ1n) is 7.83. The van der Waals surface area contributed by atoms with Gasteiger partial charge in [-0.1, -0.05) is 24.3 Å². The molecule has 0 aliphatic carbocycles. The Bertz CT molecular complexity index is 497. The molecule has 0 N–H and O–H groups in total. The third-order valence-corrected chi connectivity index (χ3v) is 4.43. The van der Waals surface area contributed by atoms with E-state index in [2.05, 4.69) is 13.0 Å². The van der Waals surface area contributed by atoms with Gasteiger partial charge in [-0.2, -0.15) is 0 Å². The lowest BCUT2D eigenvalue weighted by Gasteiger charge is -2.38. The number of hydrogen-bond acceptors (Lipinski definition) is 3. The largest absolute Gasteiger partial charge is 0.348 e. The van der Waals surface area contributed by atoms with Gasteiger partial charge in [0, 0.05) is 6.54 Å². The van der Waals surface area contributed by atoms with Crippen LogP contribution in [0.25, 0.3) is 0 Å². The normalized spacial score (nSPS) is 23.5. The molecule has 0 bridgehead atoms. The Morgan fingerprint density at radius 1 is 1.24 bits per heavy atom. The van der Waals surface area contributed by atoms with Crippen LogP contribution in [0.1, 0.15) is 30.4 Å². The second kappa shape index (κ2) is 6.58. The lowest BCUT2D eigenvalue weighted by Crippen LogP contribution is -2.50. The number of amides is 1. The highest BCUT2D eigenvalue weighted by atomic mass is 16.7. The molecule has 0 spiro atoms. The minimum atomic E-state index is -0.230. The van der Waals surface area contributed by atoms with Crippen LogP contribution in [-0.4, -0.2) is 42.9 Å². The number of nitrogens with zero attached hydrogens (tertiary/aromatic N) is 1. The van der Waals surface area contributed by atoms with Crippen LogP contribution in [0.5, 0.6) is 0 Å². The summed E-state index contributed by atoms with van der Waals surface area (Å²) < 4.78 is 11.3. The van der Waals surface area contributed by atoms with Crippen molar-refractivity contribution in [2.45, 2.75) is 44.9 Å². The van der Waals surface area contributed by atoms with Gasteiger partial charge < -0.3 is 14.4 Å². The van der Waals surface area contributed by atoms with Gasteiger partial charge in [0.15, 0.2) is 6.29 Å². The Balaban J connectivity index is 1.70. The zero-order valence-electron chi connectivity index (χ0n) is 12.6. The Morgan fingerprint density at radius 3 is 2.76 bits per heavy atom. The van der Waals surface area contributed by atoms with Crippen molar-refractivity contribution in [1.29, 1.82) is 0 Å². The molecule has 2 fully saturated rings. The molecule has 0 radical (unpaired) electrons. The maximum atomic E-state index is 12.7. The highest BCUT2D eigenvalue weighted by Gasteiger charge is 2.36. The van der Waals surface area contributed by atoms with E-state index in [4.69, 9.17) is 9.47 Å². The first-order valence-corrected chi connectivity index (χ1v) is 7.83. The van der Waals surface area contributed by atoms with Gasteiger partial charge in [0.25, 0.3) is 0 Å². The molecule has 1 unspecified atom stereocenters. The van der Waals surface area contributed by atoms with Crippen molar-refractivity contribution in [3.05, 3.63) is 35.4 Å². The second-order valence-electron chi connectivity index (χ2n) is 5.86. The molecule has 4 nitrogen and oxygen atoms in total. The molecule has 1 amide bonds. The molecule has 21 heavy (non-hydrogen) atoms. The standard InChI is InChI=1S/C17H23NO3/c1-13-6-2-3-7-14(13)12-16(19)18-9-5-4-8-15(18)17-20-10-11-21-17/h2-3,6-7,15,17H,4-5,8-12H2,1H3. The predicted octanol–water partition coefficient (Wildman–Crippen LogP) is 2.29. The topological polar surface area (TPSA) is 38.8 Å². The third kappa shape index (κ3) is 3.27. The Labute approximate surface area is 126 Å². The van der Waals surface area contributed by atoms with Gasteiger partial charge >= 0.3 is 0 Å². The summed E-state index contributed by atoms with van der Waals surface area (Å²) in [5, 5.41) is 0. The number of hydrogen-bond donors (Lipinski definition) is 0. The first-order chi connectivity index (χ1) is 10.3. The summed E-state index contributed by atoms with van der Waals surface area (Å²) in [5.74, 6) is 0.188. The van der Waals surface area contributed by atoms with Crippen LogP contribution < -0.4 is 0 Å². The van der Waals surface area contributed by atoms with Crippen molar-refractivity contribution in [3.8, 4) is 0 Å². The van der Waals surface area contributed by atoms with Gasteiger partial charge in [-0.25, -0.2) is 0 Å². The molecule has 4 heteroatoms. The molecule has 2 aliphatic rings. The van der Waals surface area contributed by atoms with E-state index in [-0.39, 0.29) is 18.2 Å². The number of carbonyl (C=O) groups excluding carboxylic acids is 1. The highest BCUT2D eigenvalue weighted by molar-refractivity contribution is 5.79. The van der Waals surface area contributed by atoms with Gasteiger partial charge in [0.1, 0.15) is 0 Å². The molecule has 2 heterocycles. The van der Waals surface area contributed by atoms with Crippen molar-refractivity contribution in [2.24, 2.45) is 0 Å². The minimum absolute atomic E-state index is 0.0813. The van der Waals surface area contributed by atoms with Crippen molar-refractivity contribution >= 4 is 5.91 Å². The second-order valence-corrected chi connectivity index (χ2v) is 5.86. The maximum absolute atomic E-state index is 12.7. The molecule has 2 saturated heterocycles. The SMILES string of the molecule is Cc1ccccc1CC(=O)N1CCCCC1C1OCCO1. The zero-order valence-corrected chi connectivity index (χ0v) is 12.6. The van der Waals surface area contributed by atoms with Crippen LogP contribution in [0.3, 0.4) is 0 Å². The number of benzene rings is 1. The van der Waals surface area contributed by atoms with Crippen molar-refractivity contribution in [1.82, 2.24) is 4.90 Å². The summed E-state index contributed by atoms with van der Waals surface area (Å²) >= 11 is 0. The quantitative estimate of drug-likeness (QED) is 0.857. The van der Waals surface area contributed by atoms with Crippen molar-refractivity contribution in [3.63, 3.8) is 0 Å². The van der Waals surface area contributed by atoms with E-state index in [1.54, 1.807) is 0 Å². The Kier molecular flexibility index (Phi) is 4.56. The van der Waals surface area contributed by atoms with Crippen LogP contribution >= 0.6 is 0 Å². The van der Waals surface area contributed by atoms with E-state index in [1.807, 2.05) is 23.1 Å². The summed E-state index contributed by atoms with van der Waals surface area (Å²) in [5.41, 5.74) is 2.29. The van der Waals surface area contributed by atoms with Gasteiger partial charge in [-0.15, -0.1) is 0 Å². The van der Waals surface area contributed by atoms with E-state index >= 15 is 0 Å². The lowest BCUT2D eigenvalue weighted by atomic mass is 9.99. The summed E-state index contributed by atoms with van der Waals surface area (Å²) in [7, 11) is 0. The van der Waals surface area contributed by atoms with Crippen LogP contribution in [0.2, 0.25) is 0 Å². The highest BCUT2D eigenvalue weighted by Crippen LogP contribution is 2.25. The van der Waals surface area contributed by atoms with E-state index < -0.39 is 0 Å². The molecule has 2 aliphatic heterocycles. The van der Waals surface area contributed by atoms with E-state index in [0.717, 1.165) is 31.4 Å². The first kappa shape index (κ1) is 14.5. The van der Waals surface area contributed by atoms with Crippen molar-refractivity contribution < 1.29 is 14.3 Å². The monoisotopic (exact) mass is 289 g/mol. The summed E-state index contributed by atoms with van der Waals surface area (Å²) in [6.45, 7) is 4.15. The number of likely N-dealkylation sites (tertiary alicyclic amines) is 1. The summed E-state index contributed by atoms with van der Waals surface area (Å²) in [6.07, 6.45) is 3.43. The van der Waals surface area contributed by atoms with Gasteiger partial charge in [-0.05, 0) is 37.3 Å². The average Bonchev–Trinajstić information content (AvgIpc) is 3.04. The molecular weight excluding hydrogens is 266 g/mol. The number of piperidine rings is 1. The van der Waals surface area contributed by atoms with Crippen LogP contribution in [-0.2, 0) is 20.7 Å². The van der Waals surface area contributed by atoms with Gasteiger partial charge in [0.05, 0.1) is 25.7 Å². The molecule has 0 aromatic heterocycles. The van der Waals surface area contributed by atoms with Gasteiger partial charge in [-0.3, -0.25) is 4.79 Å². The Hall–Kier alpha value is -1.39. The fourth-order valence-corrected chi connectivity index (χ4v) is 3.22. The molecule has 1 aromatic carbocycles. The number of aryl methyl sites for hydroxylation is 1. The predicted molar refractivity (Wildman–Crippen MR) is 79.9 cm³/mol.